The number of hydrogen-bond donors (Lipinski definition) is 9. The molecule has 10 nitrogen and oxygen atoms in total. The van der Waals surface area contributed by atoms with E-state index in [1.54, 1.807) is 0 Å². The van der Waals surface area contributed by atoms with Crippen LogP contribution in [-0.4, -0.2) is 108 Å². The lowest BCUT2D eigenvalue weighted by atomic mass is 9.32. The lowest BCUT2D eigenvalue weighted by Gasteiger charge is -2.73. The standard InChI is InChI=1S/C41H73NO9/c1-22(19-25(44)31(46)32(47)26(45)20-51-35-30(42)33(48)34(49)41(35,50)21-43)23-11-16-37(4)24(23)12-17-39(6)28(37)9-10-29-38(5)15-8-14-36(2,3)27(38)13-18-40(29,39)7/h22-35,43-50H,8-21,42H2,1-7H3. The molecule has 0 aromatic rings. The topological polar surface area (TPSA) is 197 Å². The summed E-state index contributed by atoms with van der Waals surface area (Å²) in [7, 11) is 0. The van der Waals surface area contributed by atoms with Crippen LogP contribution in [0.25, 0.3) is 0 Å². The van der Waals surface area contributed by atoms with Gasteiger partial charge in [0.1, 0.15) is 42.2 Å². The molecule has 51 heavy (non-hydrogen) atoms. The fraction of sp³-hybridized carbons (Fsp3) is 1.00. The van der Waals surface area contributed by atoms with Crippen LogP contribution in [0.5, 0.6) is 0 Å². The van der Waals surface area contributed by atoms with E-state index in [1.807, 2.05) is 0 Å². The van der Waals surface area contributed by atoms with Crippen LogP contribution in [0.2, 0.25) is 0 Å². The van der Waals surface area contributed by atoms with Crippen molar-refractivity contribution in [3.8, 4) is 0 Å². The molecule has 0 heterocycles. The maximum absolute atomic E-state index is 11.2. The molecule has 10 heteroatoms. The average molecular weight is 724 g/mol. The Bertz CT molecular complexity index is 1250. The molecular formula is C41H73NO9. The molecular weight excluding hydrogens is 650 g/mol. The first-order chi connectivity index (χ1) is 23.6. The van der Waals surface area contributed by atoms with E-state index < -0.39 is 67.6 Å². The fourth-order valence-corrected chi connectivity index (χ4v) is 15.1. The van der Waals surface area contributed by atoms with E-state index in [2.05, 4.69) is 48.5 Å². The Hall–Kier alpha value is -0.400. The second-order valence-corrected chi connectivity index (χ2v) is 20.6. The molecule has 6 fully saturated rings. The van der Waals surface area contributed by atoms with Crippen molar-refractivity contribution >= 4 is 0 Å². The number of aliphatic hydroxyl groups excluding tert-OH is 7. The minimum Gasteiger partial charge on any atom is -0.393 e. The summed E-state index contributed by atoms with van der Waals surface area (Å²) in [4.78, 5) is 0. The Balaban J connectivity index is 1.08. The first-order valence-electron chi connectivity index (χ1n) is 20.4. The van der Waals surface area contributed by atoms with Crippen LogP contribution in [0.15, 0.2) is 0 Å². The Morgan fingerprint density at radius 3 is 1.94 bits per heavy atom. The van der Waals surface area contributed by atoms with E-state index in [1.165, 1.54) is 64.2 Å². The molecule has 6 rings (SSSR count). The van der Waals surface area contributed by atoms with Gasteiger partial charge in [0.05, 0.1) is 25.4 Å². The molecule has 0 bridgehead atoms. The Morgan fingerprint density at radius 2 is 1.31 bits per heavy atom. The van der Waals surface area contributed by atoms with Gasteiger partial charge < -0.3 is 51.3 Å². The van der Waals surface area contributed by atoms with E-state index in [9.17, 15) is 40.9 Å². The summed E-state index contributed by atoms with van der Waals surface area (Å²) in [5.74, 6) is 3.32. The minimum absolute atomic E-state index is 0.108. The van der Waals surface area contributed by atoms with Gasteiger partial charge in [-0.05, 0) is 133 Å². The molecule has 296 valence electrons. The summed E-state index contributed by atoms with van der Waals surface area (Å²) in [5.41, 5.74) is 5.35. The fourth-order valence-electron chi connectivity index (χ4n) is 15.1. The van der Waals surface area contributed by atoms with Crippen LogP contribution in [0.3, 0.4) is 0 Å². The molecule has 0 spiro atoms. The normalized spacial score (nSPS) is 52.1. The minimum atomic E-state index is -2.26. The van der Waals surface area contributed by atoms with Gasteiger partial charge in [0.15, 0.2) is 0 Å². The average Bonchev–Trinajstić information content (AvgIpc) is 3.50. The highest BCUT2D eigenvalue weighted by atomic mass is 16.5. The number of nitrogens with two attached hydrogens (primary N) is 1. The smallest absolute Gasteiger partial charge is 0.144 e. The third kappa shape index (κ3) is 5.94. The highest BCUT2D eigenvalue weighted by Gasteiger charge is 2.70. The maximum atomic E-state index is 11.2. The summed E-state index contributed by atoms with van der Waals surface area (Å²) in [6, 6.07) is -1.26. The van der Waals surface area contributed by atoms with Gasteiger partial charge in [0.25, 0.3) is 0 Å². The first-order valence-corrected chi connectivity index (χ1v) is 20.4. The number of hydrogen-bond acceptors (Lipinski definition) is 10. The molecule has 19 atom stereocenters. The van der Waals surface area contributed by atoms with E-state index in [-0.39, 0.29) is 17.8 Å². The number of fused-ring (bicyclic) bond motifs is 7. The van der Waals surface area contributed by atoms with Gasteiger partial charge in [-0.3, -0.25) is 0 Å². The summed E-state index contributed by atoms with van der Waals surface area (Å²) < 4.78 is 5.48. The second kappa shape index (κ2) is 13.7. The van der Waals surface area contributed by atoms with Crippen LogP contribution in [0.1, 0.15) is 126 Å². The van der Waals surface area contributed by atoms with Crippen molar-refractivity contribution in [1.82, 2.24) is 0 Å². The molecule has 0 aliphatic heterocycles. The van der Waals surface area contributed by atoms with Crippen molar-refractivity contribution in [3.05, 3.63) is 0 Å². The largest absolute Gasteiger partial charge is 0.393 e. The zero-order chi connectivity index (χ0) is 37.7. The van der Waals surface area contributed by atoms with E-state index in [4.69, 9.17) is 10.5 Å². The lowest BCUT2D eigenvalue weighted by molar-refractivity contribution is -0.241. The van der Waals surface area contributed by atoms with Crippen LogP contribution in [0, 0.1) is 62.6 Å². The lowest BCUT2D eigenvalue weighted by Crippen LogP contribution is -2.65. The molecule has 6 aliphatic carbocycles. The van der Waals surface area contributed by atoms with E-state index in [0.29, 0.717) is 39.4 Å². The second-order valence-electron chi connectivity index (χ2n) is 20.6. The van der Waals surface area contributed by atoms with Crippen molar-refractivity contribution in [2.75, 3.05) is 13.2 Å². The quantitative estimate of drug-likeness (QED) is 0.162. The third-order valence-corrected chi connectivity index (χ3v) is 18.0. The Kier molecular flexibility index (Phi) is 10.8. The van der Waals surface area contributed by atoms with Crippen LogP contribution in [-0.2, 0) is 4.74 Å². The predicted octanol–water partition coefficient (Wildman–Crippen LogP) is 3.12. The summed E-state index contributed by atoms with van der Waals surface area (Å²) >= 11 is 0. The van der Waals surface area contributed by atoms with E-state index in [0.717, 1.165) is 18.3 Å². The number of aliphatic hydroxyl groups is 8. The molecule has 0 aromatic heterocycles. The molecule has 19 unspecified atom stereocenters. The van der Waals surface area contributed by atoms with Gasteiger partial charge in [-0.15, -0.1) is 0 Å². The zero-order valence-electron chi connectivity index (χ0n) is 32.5. The maximum Gasteiger partial charge on any atom is 0.144 e. The number of rotatable bonds is 10. The summed E-state index contributed by atoms with van der Waals surface area (Å²) in [5, 5.41) is 84.1. The van der Waals surface area contributed by atoms with Gasteiger partial charge in [0, 0.05) is 0 Å². The van der Waals surface area contributed by atoms with Gasteiger partial charge in [-0.25, -0.2) is 0 Å². The van der Waals surface area contributed by atoms with Gasteiger partial charge >= 0.3 is 0 Å². The molecule has 0 saturated heterocycles. The van der Waals surface area contributed by atoms with Crippen LogP contribution in [0.4, 0.5) is 0 Å². The van der Waals surface area contributed by atoms with Crippen molar-refractivity contribution in [3.63, 3.8) is 0 Å². The molecule has 0 radical (unpaired) electrons. The van der Waals surface area contributed by atoms with Crippen molar-refractivity contribution < 1.29 is 45.6 Å². The molecule has 10 N–H and O–H groups in total. The summed E-state index contributed by atoms with van der Waals surface area (Å²) in [6.07, 6.45) is 3.36. The highest BCUT2D eigenvalue weighted by molar-refractivity contribution is 5.19. The van der Waals surface area contributed by atoms with Crippen molar-refractivity contribution in [2.24, 2.45) is 68.3 Å². The highest BCUT2D eigenvalue weighted by Crippen LogP contribution is 2.78. The monoisotopic (exact) mass is 724 g/mol. The van der Waals surface area contributed by atoms with E-state index >= 15 is 0 Å². The predicted molar refractivity (Wildman–Crippen MR) is 194 cm³/mol. The molecule has 6 saturated carbocycles. The SMILES string of the molecule is CC(CC(O)C(O)C(O)C(O)COC1C(N)C(O)C(O)C1(O)CO)C1CCC2(C)C1CCC1(C)C2CCC2C3(C)CCCC(C)(C)C3CCC21C. The number of ether oxygens (including phenoxy) is 1. The van der Waals surface area contributed by atoms with Gasteiger partial charge in [-0.1, -0.05) is 54.9 Å². The third-order valence-electron chi connectivity index (χ3n) is 18.0. The van der Waals surface area contributed by atoms with Crippen molar-refractivity contribution in [1.29, 1.82) is 0 Å². The zero-order valence-corrected chi connectivity index (χ0v) is 32.5. The summed E-state index contributed by atoms with van der Waals surface area (Å²) in [6.45, 7) is 16.3. The first kappa shape index (κ1) is 40.3. The Morgan fingerprint density at radius 1 is 0.725 bits per heavy atom. The molecule has 0 amide bonds. The van der Waals surface area contributed by atoms with Crippen molar-refractivity contribution in [2.45, 2.75) is 180 Å². The van der Waals surface area contributed by atoms with Crippen LogP contribution >= 0.6 is 0 Å². The van der Waals surface area contributed by atoms with Gasteiger partial charge in [-0.2, -0.15) is 0 Å². The Labute approximate surface area is 306 Å². The molecule has 6 aliphatic rings. The van der Waals surface area contributed by atoms with Gasteiger partial charge in [0.2, 0.25) is 0 Å². The van der Waals surface area contributed by atoms with Crippen LogP contribution < -0.4 is 5.73 Å². The molecule has 0 aromatic carbocycles.